The van der Waals surface area contributed by atoms with E-state index in [0.29, 0.717) is 13.1 Å². The van der Waals surface area contributed by atoms with Gasteiger partial charge in [-0.3, -0.25) is 4.90 Å². The molecule has 6 heteroatoms. The Hall–Kier alpha value is -1.66. The first-order chi connectivity index (χ1) is 10.0. The summed E-state index contributed by atoms with van der Waals surface area (Å²) >= 11 is 0. The van der Waals surface area contributed by atoms with Crippen molar-refractivity contribution in [1.29, 1.82) is 0 Å². The van der Waals surface area contributed by atoms with Gasteiger partial charge in [-0.15, -0.1) is 0 Å². The molecule has 2 saturated heterocycles. The van der Waals surface area contributed by atoms with Crippen LogP contribution in [0.4, 0.5) is 9.18 Å². The summed E-state index contributed by atoms with van der Waals surface area (Å²) in [7, 11) is 2.08. The highest BCUT2D eigenvalue weighted by atomic mass is 19.1. The summed E-state index contributed by atoms with van der Waals surface area (Å²) in [5.74, 6) is -0.227. The first kappa shape index (κ1) is 14.3. The summed E-state index contributed by atoms with van der Waals surface area (Å²) in [6.45, 7) is 3.55. The Morgan fingerprint density at radius 2 is 1.76 bits per heavy atom. The van der Waals surface area contributed by atoms with E-state index in [1.54, 1.807) is 12.1 Å². The van der Waals surface area contributed by atoms with E-state index in [0.717, 1.165) is 25.2 Å². The van der Waals surface area contributed by atoms with E-state index in [1.807, 2.05) is 0 Å². The van der Waals surface area contributed by atoms with Gasteiger partial charge in [-0.1, -0.05) is 12.1 Å². The smallest absolute Gasteiger partial charge is 0.407 e. The third-order valence-corrected chi connectivity index (χ3v) is 4.39. The lowest BCUT2D eigenvalue weighted by atomic mass is 9.99. The van der Waals surface area contributed by atoms with Crippen molar-refractivity contribution in [2.75, 3.05) is 33.2 Å². The average Bonchev–Trinajstić information content (AvgIpc) is 2.41. The molecule has 3 rings (SSSR count). The number of benzene rings is 1. The molecule has 0 saturated carbocycles. The van der Waals surface area contributed by atoms with Crippen molar-refractivity contribution >= 4 is 6.09 Å². The van der Waals surface area contributed by atoms with Gasteiger partial charge in [0.15, 0.2) is 0 Å². The minimum atomic E-state index is -0.837. The van der Waals surface area contributed by atoms with Crippen LogP contribution in [-0.2, 0) is 6.54 Å². The van der Waals surface area contributed by atoms with E-state index in [1.165, 1.54) is 17.0 Å². The highest BCUT2D eigenvalue weighted by molar-refractivity contribution is 5.65. The van der Waals surface area contributed by atoms with Gasteiger partial charge in [0.25, 0.3) is 0 Å². The molecule has 2 aliphatic rings. The molecule has 1 aromatic rings. The van der Waals surface area contributed by atoms with Crippen molar-refractivity contribution < 1.29 is 14.3 Å². The maximum absolute atomic E-state index is 13.0. The fourth-order valence-electron chi connectivity index (χ4n) is 3.43. The molecular formula is C15H20FN3O2. The molecule has 2 fully saturated rings. The summed E-state index contributed by atoms with van der Waals surface area (Å²) < 4.78 is 13.0. The maximum Gasteiger partial charge on any atom is 0.407 e. The molecule has 2 aliphatic heterocycles. The number of hydrogen-bond donors (Lipinski definition) is 1. The molecule has 21 heavy (non-hydrogen) atoms. The Balaban J connectivity index is 1.76. The fraction of sp³-hybridized carbons (Fsp3) is 0.533. The number of hydrogen-bond acceptors (Lipinski definition) is 3. The summed E-state index contributed by atoms with van der Waals surface area (Å²) in [4.78, 5) is 17.4. The van der Waals surface area contributed by atoms with Crippen LogP contribution in [0, 0.1) is 5.82 Å². The van der Waals surface area contributed by atoms with Gasteiger partial charge in [0, 0.05) is 44.8 Å². The number of carboxylic acid groups (broad SMARTS) is 1. The second-order valence-electron chi connectivity index (χ2n) is 6.02. The van der Waals surface area contributed by atoms with Gasteiger partial charge < -0.3 is 14.9 Å². The molecule has 1 N–H and O–H groups in total. The predicted octanol–water partition coefficient (Wildman–Crippen LogP) is 1.30. The minimum Gasteiger partial charge on any atom is -0.465 e. The van der Waals surface area contributed by atoms with Crippen LogP contribution >= 0.6 is 0 Å². The molecule has 2 bridgehead atoms. The molecule has 2 atom stereocenters. The first-order valence-corrected chi connectivity index (χ1v) is 7.19. The van der Waals surface area contributed by atoms with Gasteiger partial charge in [-0.25, -0.2) is 9.18 Å². The SMILES string of the molecule is CN1CC2CN(C(=O)O)CC(C1)N2Cc1ccc(F)cc1. The van der Waals surface area contributed by atoms with Gasteiger partial charge in [-0.05, 0) is 24.7 Å². The number of amides is 1. The molecule has 2 heterocycles. The van der Waals surface area contributed by atoms with E-state index < -0.39 is 6.09 Å². The summed E-state index contributed by atoms with van der Waals surface area (Å²) in [5.41, 5.74) is 1.07. The molecule has 5 nitrogen and oxygen atoms in total. The van der Waals surface area contributed by atoms with Gasteiger partial charge >= 0.3 is 6.09 Å². The molecule has 114 valence electrons. The summed E-state index contributed by atoms with van der Waals surface area (Å²) in [6.07, 6.45) is -0.837. The molecule has 0 aromatic heterocycles. The van der Waals surface area contributed by atoms with Gasteiger partial charge in [-0.2, -0.15) is 0 Å². The van der Waals surface area contributed by atoms with Crippen molar-refractivity contribution in [3.8, 4) is 0 Å². The van der Waals surface area contributed by atoms with Crippen LogP contribution < -0.4 is 0 Å². The zero-order chi connectivity index (χ0) is 15.0. The van der Waals surface area contributed by atoms with Crippen molar-refractivity contribution in [3.05, 3.63) is 35.6 Å². The van der Waals surface area contributed by atoms with E-state index in [2.05, 4.69) is 16.8 Å². The van der Waals surface area contributed by atoms with Crippen molar-refractivity contribution in [2.45, 2.75) is 18.6 Å². The molecule has 1 aromatic carbocycles. The van der Waals surface area contributed by atoms with E-state index in [9.17, 15) is 14.3 Å². The second-order valence-corrected chi connectivity index (χ2v) is 6.02. The average molecular weight is 293 g/mol. The van der Waals surface area contributed by atoms with Gasteiger partial charge in [0.05, 0.1) is 0 Å². The Morgan fingerprint density at radius 3 is 2.29 bits per heavy atom. The summed E-state index contributed by atoms with van der Waals surface area (Å²) in [6, 6.07) is 6.96. The van der Waals surface area contributed by atoms with Crippen LogP contribution in [0.3, 0.4) is 0 Å². The van der Waals surface area contributed by atoms with Crippen molar-refractivity contribution in [3.63, 3.8) is 0 Å². The van der Waals surface area contributed by atoms with Crippen LogP contribution in [0.25, 0.3) is 0 Å². The Labute approximate surface area is 123 Å². The second kappa shape index (κ2) is 5.61. The maximum atomic E-state index is 13.0. The van der Waals surface area contributed by atoms with Crippen LogP contribution in [0.2, 0.25) is 0 Å². The number of carbonyl (C=O) groups is 1. The third kappa shape index (κ3) is 3.01. The Kier molecular flexibility index (Phi) is 3.82. The lowest BCUT2D eigenvalue weighted by Crippen LogP contribution is -2.68. The van der Waals surface area contributed by atoms with Gasteiger partial charge in [0.2, 0.25) is 0 Å². The topological polar surface area (TPSA) is 47.0 Å². The monoisotopic (exact) mass is 293 g/mol. The lowest BCUT2D eigenvalue weighted by Gasteiger charge is -2.52. The number of piperazine rings is 2. The molecular weight excluding hydrogens is 273 g/mol. The van der Waals surface area contributed by atoms with E-state index >= 15 is 0 Å². The number of fused-ring (bicyclic) bond motifs is 2. The molecule has 0 aliphatic carbocycles. The zero-order valence-electron chi connectivity index (χ0n) is 12.1. The largest absolute Gasteiger partial charge is 0.465 e. The number of rotatable bonds is 2. The van der Waals surface area contributed by atoms with Crippen LogP contribution in [0.15, 0.2) is 24.3 Å². The van der Waals surface area contributed by atoms with Crippen LogP contribution in [0.1, 0.15) is 5.56 Å². The molecule has 0 spiro atoms. The Bertz CT molecular complexity index is 506. The molecule has 1 amide bonds. The van der Waals surface area contributed by atoms with E-state index in [4.69, 9.17) is 0 Å². The molecule has 0 radical (unpaired) electrons. The normalized spacial score (nSPS) is 26.9. The lowest BCUT2D eigenvalue weighted by molar-refractivity contribution is -0.0359. The van der Waals surface area contributed by atoms with Crippen LogP contribution in [0.5, 0.6) is 0 Å². The van der Waals surface area contributed by atoms with Crippen molar-refractivity contribution in [1.82, 2.24) is 14.7 Å². The fourth-order valence-corrected chi connectivity index (χ4v) is 3.43. The standard InChI is InChI=1S/C15H20FN3O2/c1-17-7-13-9-18(15(20)21)10-14(8-17)19(13)6-11-2-4-12(16)5-3-11/h2-5,13-14H,6-10H2,1H3,(H,20,21). The summed E-state index contributed by atoms with van der Waals surface area (Å²) in [5, 5.41) is 9.22. The molecule has 2 unspecified atom stereocenters. The number of halogens is 1. The highest BCUT2D eigenvalue weighted by Gasteiger charge is 2.40. The predicted molar refractivity (Wildman–Crippen MR) is 76.6 cm³/mol. The quantitative estimate of drug-likeness (QED) is 0.893. The zero-order valence-corrected chi connectivity index (χ0v) is 12.1. The number of likely N-dealkylation sites (N-methyl/N-ethyl adjacent to an activating group) is 1. The third-order valence-electron chi connectivity index (χ3n) is 4.39. The Morgan fingerprint density at radius 1 is 1.19 bits per heavy atom. The van der Waals surface area contributed by atoms with Crippen molar-refractivity contribution in [2.24, 2.45) is 0 Å². The first-order valence-electron chi connectivity index (χ1n) is 7.19. The van der Waals surface area contributed by atoms with E-state index in [-0.39, 0.29) is 17.9 Å². The van der Waals surface area contributed by atoms with Crippen LogP contribution in [-0.4, -0.2) is 71.2 Å². The van der Waals surface area contributed by atoms with Gasteiger partial charge in [0.1, 0.15) is 5.82 Å². The number of nitrogens with zero attached hydrogens (tertiary/aromatic N) is 3. The minimum absolute atomic E-state index is 0.198. The highest BCUT2D eigenvalue weighted by Crippen LogP contribution is 2.24.